The highest BCUT2D eigenvalue weighted by atomic mass is 19.4. The number of nitrogens with zero attached hydrogens (tertiary/aromatic N) is 9. The highest BCUT2D eigenvalue weighted by Gasteiger charge is 2.37. The maximum Gasteiger partial charge on any atom is 0.416 e. The molecule has 0 amide bonds. The second-order valence-electron chi connectivity index (χ2n) is 11.8. The molecule has 3 aromatic heterocycles. The van der Waals surface area contributed by atoms with Crippen molar-refractivity contribution in [2.45, 2.75) is 71.0 Å². The number of aryl methyl sites for hydroxylation is 1. The van der Waals surface area contributed by atoms with Gasteiger partial charge in [0.05, 0.1) is 24.4 Å². The molecule has 0 N–H and O–H groups in total. The number of tetrazole rings is 1. The summed E-state index contributed by atoms with van der Waals surface area (Å²) in [5, 5.41) is 17.5. The third-order valence-corrected chi connectivity index (χ3v) is 8.34. The lowest BCUT2D eigenvalue weighted by atomic mass is 9.85. The molecule has 0 unspecified atom stereocenters. The molecular formula is C29H33F6N9. The number of hydrogen-bond acceptors (Lipinski definition) is 7. The molecule has 4 aromatic rings. The van der Waals surface area contributed by atoms with Gasteiger partial charge in [0.25, 0.3) is 5.95 Å². The van der Waals surface area contributed by atoms with Gasteiger partial charge in [0.1, 0.15) is 5.82 Å². The summed E-state index contributed by atoms with van der Waals surface area (Å²) in [7, 11) is 1.53. The minimum atomic E-state index is -4.96. The van der Waals surface area contributed by atoms with E-state index in [0.717, 1.165) is 67.5 Å². The fourth-order valence-electron chi connectivity index (χ4n) is 5.60. The van der Waals surface area contributed by atoms with Crippen LogP contribution in [0, 0.1) is 11.8 Å². The van der Waals surface area contributed by atoms with Gasteiger partial charge in [0.15, 0.2) is 5.65 Å². The zero-order valence-electron chi connectivity index (χ0n) is 24.4. The largest absolute Gasteiger partial charge is 0.416 e. The summed E-state index contributed by atoms with van der Waals surface area (Å²) in [6, 6.07) is 3.55. The Labute approximate surface area is 249 Å². The standard InChI is InChI=1S/C29H33F6N9/c1-3-42(14-18-5-4-6-18)25-22(11-21-13-36-44(26(21)37-25)16-19-7-8-19)17-43(27-38-40-41(2)39-27)15-20-9-23(28(30,31)32)12-24(10-20)29(33,34)35/h9-13,18-19H,3-8,14-17H2,1-2H3. The zero-order valence-corrected chi connectivity index (χ0v) is 24.4. The Morgan fingerprint density at radius 3 is 2.14 bits per heavy atom. The Bertz CT molecular complexity index is 1590. The van der Waals surface area contributed by atoms with Crippen molar-refractivity contribution in [3.63, 3.8) is 0 Å². The van der Waals surface area contributed by atoms with E-state index < -0.39 is 23.5 Å². The maximum atomic E-state index is 13.7. The van der Waals surface area contributed by atoms with Gasteiger partial charge >= 0.3 is 12.4 Å². The highest BCUT2D eigenvalue weighted by molar-refractivity contribution is 5.79. The van der Waals surface area contributed by atoms with Gasteiger partial charge in [0, 0.05) is 43.7 Å². The lowest BCUT2D eigenvalue weighted by Crippen LogP contribution is -2.34. The summed E-state index contributed by atoms with van der Waals surface area (Å²) < 4.78 is 83.9. The zero-order chi connectivity index (χ0) is 31.2. The molecule has 6 rings (SSSR count). The first-order valence-electron chi connectivity index (χ1n) is 14.7. The van der Waals surface area contributed by atoms with Crippen molar-refractivity contribution in [1.29, 1.82) is 0 Å². The molecular weight excluding hydrogens is 588 g/mol. The quantitative estimate of drug-likeness (QED) is 0.184. The van der Waals surface area contributed by atoms with Crippen LogP contribution < -0.4 is 9.80 Å². The number of benzene rings is 1. The van der Waals surface area contributed by atoms with Crippen molar-refractivity contribution in [3.8, 4) is 0 Å². The van der Waals surface area contributed by atoms with E-state index in [2.05, 4.69) is 25.4 Å². The van der Waals surface area contributed by atoms with E-state index in [4.69, 9.17) is 4.98 Å². The molecule has 15 heteroatoms. The van der Waals surface area contributed by atoms with E-state index in [1.54, 1.807) is 6.20 Å². The van der Waals surface area contributed by atoms with Gasteiger partial charge in [-0.15, -0.1) is 5.10 Å². The average Bonchev–Trinajstić information content (AvgIpc) is 3.52. The lowest BCUT2D eigenvalue weighted by Gasteiger charge is -2.34. The first-order valence-corrected chi connectivity index (χ1v) is 14.7. The molecule has 0 aliphatic heterocycles. The first-order chi connectivity index (χ1) is 20.9. The normalized spacial score (nSPS) is 16.0. The summed E-state index contributed by atoms with van der Waals surface area (Å²) in [6.45, 7) is 4.02. The van der Waals surface area contributed by atoms with Crippen molar-refractivity contribution in [1.82, 2.24) is 35.0 Å². The third kappa shape index (κ3) is 6.60. The van der Waals surface area contributed by atoms with Crippen LogP contribution in [-0.4, -0.2) is 48.1 Å². The third-order valence-electron chi connectivity index (χ3n) is 8.34. The molecule has 2 aliphatic rings. The molecule has 44 heavy (non-hydrogen) atoms. The van der Waals surface area contributed by atoms with E-state index in [1.165, 1.54) is 23.2 Å². The number of pyridine rings is 1. The van der Waals surface area contributed by atoms with Crippen LogP contribution in [-0.2, 0) is 39.0 Å². The van der Waals surface area contributed by atoms with Crippen LogP contribution in [0.15, 0.2) is 30.5 Å². The molecule has 0 saturated heterocycles. The fourth-order valence-corrected chi connectivity index (χ4v) is 5.60. The predicted molar refractivity (Wildman–Crippen MR) is 151 cm³/mol. The SMILES string of the molecule is CCN(CC1CCC1)c1nc2c(cnn2CC2CC2)cc1CN(Cc1cc(C(F)(F)F)cc(C(F)(F)F)c1)c1nnn(C)n1. The predicted octanol–water partition coefficient (Wildman–Crippen LogP) is 6.24. The number of halogens is 6. The van der Waals surface area contributed by atoms with Gasteiger partial charge in [-0.3, -0.25) is 0 Å². The molecule has 9 nitrogen and oxygen atoms in total. The molecule has 236 valence electrons. The Morgan fingerprint density at radius 2 is 1.59 bits per heavy atom. The first kappa shape index (κ1) is 30.1. The number of hydrogen-bond donors (Lipinski definition) is 0. The van der Waals surface area contributed by atoms with Crippen LogP contribution in [0.25, 0.3) is 11.0 Å². The second-order valence-corrected chi connectivity index (χ2v) is 11.8. The molecule has 1 aromatic carbocycles. The van der Waals surface area contributed by atoms with Gasteiger partial charge in [-0.25, -0.2) is 9.67 Å². The van der Waals surface area contributed by atoms with Crippen LogP contribution in [0.5, 0.6) is 0 Å². The van der Waals surface area contributed by atoms with Crippen LogP contribution in [0.1, 0.15) is 61.3 Å². The van der Waals surface area contributed by atoms with E-state index in [-0.39, 0.29) is 30.7 Å². The van der Waals surface area contributed by atoms with Crippen LogP contribution >= 0.6 is 0 Å². The van der Waals surface area contributed by atoms with E-state index >= 15 is 0 Å². The Kier molecular flexibility index (Phi) is 7.91. The topological polar surface area (TPSA) is 80.8 Å². The molecule has 0 spiro atoms. The van der Waals surface area contributed by atoms with Crippen molar-refractivity contribution in [2.24, 2.45) is 18.9 Å². The Morgan fingerprint density at radius 1 is 0.886 bits per heavy atom. The van der Waals surface area contributed by atoms with E-state index in [1.807, 2.05) is 17.7 Å². The van der Waals surface area contributed by atoms with Gasteiger partial charge in [-0.1, -0.05) is 11.5 Å². The number of anilines is 2. The van der Waals surface area contributed by atoms with Gasteiger partial charge in [-0.2, -0.15) is 36.2 Å². The minimum Gasteiger partial charge on any atom is -0.356 e. The van der Waals surface area contributed by atoms with Gasteiger partial charge in [0.2, 0.25) is 0 Å². The van der Waals surface area contributed by atoms with E-state index in [9.17, 15) is 26.3 Å². The summed E-state index contributed by atoms with van der Waals surface area (Å²) in [4.78, 5) is 10.0. The second kappa shape index (κ2) is 11.5. The van der Waals surface area contributed by atoms with Crippen molar-refractivity contribution in [2.75, 3.05) is 22.9 Å². The van der Waals surface area contributed by atoms with Crippen molar-refractivity contribution in [3.05, 3.63) is 52.7 Å². The van der Waals surface area contributed by atoms with Crippen LogP contribution in [0.4, 0.5) is 38.1 Å². The molecule has 0 atom stereocenters. The number of alkyl halides is 6. The molecule has 2 aliphatic carbocycles. The summed E-state index contributed by atoms with van der Waals surface area (Å²) >= 11 is 0. The van der Waals surface area contributed by atoms with E-state index in [0.29, 0.717) is 24.2 Å². The minimum absolute atomic E-state index is 0.0657. The Hall–Kier alpha value is -3.91. The monoisotopic (exact) mass is 621 g/mol. The molecule has 2 fully saturated rings. The molecule has 2 saturated carbocycles. The molecule has 0 bridgehead atoms. The lowest BCUT2D eigenvalue weighted by molar-refractivity contribution is -0.143. The van der Waals surface area contributed by atoms with Gasteiger partial charge in [-0.05, 0) is 79.5 Å². The van der Waals surface area contributed by atoms with Crippen molar-refractivity contribution >= 4 is 22.8 Å². The summed E-state index contributed by atoms with van der Waals surface area (Å²) in [6.07, 6.45) is -2.44. The summed E-state index contributed by atoms with van der Waals surface area (Å²) in [5.41, 5.74) is -1.45. The number of aromatic nitrogens is 7. The summed E-state index contributed by atoms with van der Waals surface area (Å²) in [5.74, 6) is 1.88. The van der Waals surface area contributed by atoms with Crippen LogP contribution in [0.3, 0.4) is 0 Å². The number of fused-ring (bicyclic) bond motifs is 1. The van der Waals surface area contributed by atoms with Gasteiger partial charge < -0.3 is 9.80 Å². The van der Waals surface area contributed by atoms with Crippen LogP contribution in [0.2, 0.25) is 0 Å². The smallest absolute Gasteiger partial charge is 0.356 e. The molecule has 3 heterocycles. The maximum absolute atomic E-state index is 13.7. The van der Waals surface area contributed by atoms with Crippen molar-refractivity contribution < 1.29 is 26.3 Å². The fraction of sp³-hybridized carbons (Fsp3) is 0.552. The molecule has 0 radical (unpaired) electrons. The number of rotatable bonds is 11. The Balaban J connectivity index is 1.41. The average molecular weight is 622 g/mol. The highest BCUT2D eigenvalue weighted by Crippen LogP contribution is 2.38.